The molecule has 0 radical (unpaired) electrons. The predicted molar refractivity (Wildman–Crippen MR) is 74.8 cm³/mol. The fraction of sp³-hybridized carbons (Fsp3) is 0.750. The fourth-order valence-electron chi connectivity index (χ4n) is 2.37. The molecule has 3 nitrogen and oxygen atoms in total. The van der Waals surface area contributed by atoms with E-state index in [0.29, 0.717) is 5.25 Å². The number of hydrogen-bond donors (Lipinski definition) is 1. The van der Waals surface area contributed by atoms with Crippen LogP contribution in [0, 0.1) is 0 Å². The van der Waals surface area contributed by atoms with E-state index in [-0.39, 0.29) is 5.54 Å². The molecule has 1 N–H and O–H groups in total. The summed E-state index contributed by atoms with van der Waals surface area (Å²) in [5.41, 5.74) is 0.0512. The van der Waals surface area contributed by atoms with Crippen LogP contribution >= 0.6 is 23.1 Å². The number of methoxy groups -OCH3 is 1. The van der Waals surface area contributed by atoms with E-state index in [0.717, 1.165) is 13.2 Å². The molecule has 0 aromatic carbocycles. The SMILES string of the molecule is COCCNC1(c2nccs2)CCCSC1C. The van der Waals surface area contributed by atoms with Gasteiger partial charge >= 0.3 is 0 Å². The van der Waals surface area contributed by atoms with Crippen molar-refractivity contribution in [2.75, 3.05) is 26.0 Å². The zero-order valence-corrected chi connectivity index (χ0v) is 12.1. The van der Waals surface area contributed by atoms with Crippen molar-refractivity contribution in [3.05, 3.63) is 16.6 Å². The Morgan fingerprint density at radius 3 is 3.18 bits per heavy atom. The fourth-order valence-corrected chi connectivity index (χ4v) is 4.64. The summed E-state index contributed by atoms with van der Waals surface area (Å²) in [6.07, 6.45) is 4.35. The predicted octanol–water partition coefficient (Wildman–Crippen LogP) is 2.49. The number of rotatable bonds is 5. The van der Waals surface area contributed by atoms with E-state index in [1.54, 1.807) is 18.4 Å². The highest BCUT2D eigenvalue weighted by Crippen LogP contribution is 2.42. The molecule has 96 valence electrons. The lowest BCUT2D eigenvalue weighted by molar-refractivity contribution is 0.178. The second kappa shape index (κ2) is 6.18. The Balaban J connectivity index is 2.16. The van der Waals surface area contributed by atoms with Crippen LogP contribution in [0.2, 0.25) is 0 Å². The molecule has 0 amide bonds. The minimum atomic E-state index is 0.0512. The number of thioether (sulfide) groups is 1. The molecule has 2 atom stereocenters. The Morgan fingerprint density at radius 2 is 2.53 bits per heavy atom. The van der Waals surface area contributed by atoms with E-state index in [4.69, 9.17) is 4.74 Å². The van der Waals surface area contributed by atoms with E-state index >= 15 is 0 Å². The normalized spacial score (nSPS) is 29.4. The van der Waals surface area contributed by atoms with Crippen molar-refractivity contribution in [2.24, 2.45) is 0 Å². The Labute approximate surface area is 111 Å². The molecule has 0 bridgehead atoms. The average Bonchev–Trinajstić information content (AvgIpc) is 2.86. The van der Waals surface area contributed by atoms with Crippen molar-refractivity contribution in [1.82, 2.24) is 10.3 Å². The molecule has 1 saturated heterocycles. The Bertz CT molecular complexity index is 331. The van der Waals surface area contributed by atoms with Crippen LogP contribution in [0.15, 0.2) is 11.6 Å². The summed E-state index contributed by atoms with van der Waals surface area (Å²) in [4.78, 5) is 4.54. The maximum Gasteiger partial charge on any atom is 0.114 e. The van der Waals surface area contributed by atoms with Crippen molar-refractivity contribution in [2.45, 2.75) is 30.6 Å². The average molecular weight is 272 g/mol. The molecule has 1 aromatic rings. The van der Waals surface area contributed by atoms with Gasteiger partial charge in [-0.15, -0.1) is 11.3 Å². The monoisotopic (exact) mass is 272 g/mol. The molecule has 2 unspecified atom stereocenters. The molecule has 0 aliphatic carbocycles. The third-order valence-corrected chi connectivity index (χ3v) is 5.72. The van der Waals surface area contributed by atoms with Crippen LogP contribution in [0.4, 0.5) is 0 Å². The Hall–Kier alpha value is -0.100. The van der Waals surface area contributed by atoms with E-state index in [1.165, 1.54) is 23.6 Å². The molecule has 17 heavy (non-hydrogen) atoms. The van der Waals surface area contributed by atoms with Crippen molar-refractivity contribution >= 4 is 23.1 Å². The zero-order valence-electron chi connectivity index (χ0n) is 10.4. The third-order valence-electron chi connectivity index (χ3n) is 3.34. The van der Waals surface area contributed by atoms with Gasteiger partial charge in [-0.3, -0.25) is 0 Å². The summed E-state index contributed by atoms with van der Waals surface area (Å²) in [6, 6.07) is 0. The summed E-state index contributed by atoms with van der Waals surface area (Å²) in [7, 11) is 1.75. The lowest BCUT2D eigenvalue weighted by atomic mass is 9.90. The first-order chi connectivity index (χ1) is 8.29. The quantitative estimate of drug-likeness (QED) is 0.835. The van der Waals surface area contributed by atoms with Gasteiger partial charge < -0.3 is 10.1 Å². The number of hydrogen-bond acceptors (Lipinski definition) is 5. The van der Waals surface area contributed by atoms with Gasteiger partial charge in [-0.05, 0) is 18.6 Å². The van der Waals surface area contributed by atoms with Crippen molar-refractivity contribution < 1.29 is 4.74 Å². The van der Waals surface area contributed by atoms with Crippen LogP contribution in [0.1, 0.15) is 24.8 Å². The first-order valence-corrected chi connectivity index (χ1v) is 7.98. The zero-order chi connectivity index (χ0) is 12.1. The summed E-state index contributed by atoms with van der Waals surface area (Å²) in [6.45, 7) is 3.95. The minimum absolute atomic E-state index is 0.0512. The molecule has 1 aromatic heterocycles. The topological polar surface area (TPSA) is 34.1 Å². The van der Waals surface area contributed by atoms with Gasteiger partial charge in [-0.2, -0.15) is 11.8 Å². The molecular weight excluding hydrogens is 252 g/mol. The van der Waals surface area contributed by atoms with Gasteiger partial charge in [0.05, 0.1) is 12.1 Å². The second-order valence-corrected chi connectivity index (χ2v) is 6.69. The van der Waals surface area contributed by atoms with E-state index in [2.05, 4.69) is 22.6 Å². The highest BCUT2D eigenvalue weighted by molar-refractivity contribution is 8.00. The van der Waals surface area contributed by atoms with Crippen LogP contribution in [0.5, 0.6) is 0 Å². The first kappa shape index (κ1) is 13.3. The molecule has 1 aliphatic rings. The van der Waals surface area contributed by atoms with E-state index in [1.807, 2.05) is 18.0 Å². The van der Waals surface area contributed by atoms with Crippen molar-refractivity contribution in [3.8, 4) is 0 Å². The lowest BCUT2D eigenvalue weighted by Gasteiger charge is -2.41. The maximum atomic E-state index is 5.14. The number of ether oxygens (including phenoxy) is 1. The number of aromatic nitrogens is 1. The van der Waals surface area contributed by atoms with Gasteiger partial charge in [0.15, 0.2) is 0 Å². The Kier molecular flexibility index (Phi) is 4.85. The molecule has 1 fully saturated rings. The van der Waals surface area contributed by atoms with Crippen molar-refractivity contribution in [1.29, 1.82) is 0 Å². The standard InChI is InChI=1S/C12H20N2OS2/c1-10-12(4-3-8-16-10,14-5-7-15-2)11-13-6-9-17-11/h6,9-10,14H,3-5,7-8H2,1-2H3. The van der Waals surface area contributed by atoms with Gasteiger partial charge in [-0.25, -0.2) is 4.98 Å². The number of thiazole rings is 1. The molecule has 5 heteroatoms. The molecule has 0 saturated carbocycles. The second-order valence-electron chi connectivity index (χ2n) is 4.34. The largest absolute Gasteiger partial charge is 0.383 e. The van der Waals surface area contributed by atoms with Crippen LogP contribution in [-0.2, 0) is 10.3 Å². The molecular formula is C12H20N2OS2. The highest BCUT2D eigenvalue weighted by atomic mass is 32.2. The first-order valence-electron chi connectivity index (χ1n) is 6.05. The summed E-state index contributed by atoms with van der Waals surface area (Å²) >= 11 is 3.81. The highest BCUT2D eigenvalue weighted by Gasteiger charge is 2.41. The molecule has 2 heterocycles. The summed E-state index contributed by atoms with van der Waals surface area (Å²) in [5.74, 6) is 1.26. The van der Waals surface area contributed by atoms with Crippen molar-refractivity contribution in [3.63, 3.8) is 0 Å². The van der Waals surface area contributed by atoms with Gasteiger partial charge in [0.2, 0.25) is 0 Å². The summed E-state index contributed by atoms with van der Waals surface area (Å²) < 4.78 is 5.14. The lowest BCUT2D eigenvalue weighted by Crippen LogP contribution is -2.52. The van der Waals surface area contributed by atoms with E-state index < -0.39 is 0 Å². The van der Waals surface area contributed by atoms with Crippen LogP contribution in [0.3, 0.4) is 0 Å². The molecule has 1 aliphatic heterocycles. The van der Waals surface area contributed by atoms with Gasteiger partial charge in [0, 0.05) is 30.5 Å². The number of nitrogens with one attached hydrogen (secondary N) is 1. The maximum absolute atomic E-state index is 5.14. The Morgan fingerprint density at radius 1 is 1.65 bits per heavy atom. The third kappa shape index (κ3) is 2.84. The van der Waals surface area contributed by atoms with Crippen LogP contribution in [0.25, 0.3) is 0 Å². The minimum Gasteiger partial charge on any atom is -0.383 e. The van der Waals surface area contributed by atoms with Crippen LogP contribution < -0.4 is 5.32 Å². The molecule has 0 spiro atoms. The molecule has 2 rings (SSSR count). The van der Waals surface area contributed by atoms with Gasteiger partial charge in [0.1, 0.15) is 5.01 Å². The summed E-state index contributed by atoms with van der Waals surface area (Å²) in [5, 5.41) is 7.56. The van der Waals surface area contributed by atoms with E-state index in [9.17, 15) is 0 Å². The number of nitrogens with zero attached hydrogens (tertiary/aromatic N) is 1. The van der Waals surface area contributed by atoms with Gasteiger partial charge in [0.25, 0.3) is 0 Å². The van der Waals surface area contributed by atoms with Gasteiger partial charge in [-0.1, -0.05) is 6.92 Å². The van der Waals surface area contributed by atoms with Crippen LogP contribution in [-0.4, -0.2) is 36.2 Å². The smallest absolute Gasteiger partial charge is 0.114 e.